The molecule has 0 fully saturated rings. The molecule has 0 amide bonds. The quantitative estimate of drug-likeness (QED) is 0.663. The van der Waals surface area contributed by atoms with Crippen molar-refractivity contribution in [3.05, 3.63) is 59.6 Å². The lowest BCUT2D eigenvalue weighted by Crippen LogP contribution is -2.36. The van der Waals surface area contributed by atoms with Crippen molar-refractivity contribution in [3.8, 4) is 22.9 Å². The lowest BCUT2D eigenvalue weighted by atomic mass is 9.73. The number of benzene rings is 1. The van der Waals surface area contributed by atoms with E-state index in [0.29, 0.717) is 37.2 Å². The molecule has 162 valence electrons. The highest BCUT2D eigenvalue weighted by molar-refractivity contribution is 6.00. The monoisotopic (exact) mass is 429 g/mol. The third-order valence-electron chi connectivity index (χ3n) is 6.15. The fourth-order valence-corrected chi connectivity index (χ4v) is 4.77. The number of carbonyl (C=O) groups is 1. The van der Waals surface area contributed by atoms with Crippen LogP contribution in [0.2, 0.25) is 0 Å². The molecule has 3 aliphatic rings. The molecular weight excluding hydrogens is 406 g/mol. The van der Waals surface area contributed by atoms with Gasteiger partial charge in [0.05, 0.1) is 0 Å². The van der Waals surface area contributed by atoms with E-state index in [4.69, 9.17) is 19.6 Å². The summed E-state index contributed by atoms with van der Waals surface area (Å²) in [5.74, 6) is 2.75. The zero-order valence-corrected chi connectivity index (χ0v) is 18.0. The molecule has 8 nitrogen and oxygen atoms in total. The average molecular weight is 429 g/mol. The number of Topliss-reactive ketones (excluding diaryl/α,β-unsaturated/α-hetero) is 1. The van der Waals surface area contributed by atoms with Gasteiger partial charge in [-0.15, -0.1) is 5.10 Å². The van der Waals surface area contributed by atoms with Gasteiger partial charge in [-0.3, -0.25) is 9.78 Å². The Morgan fingerprint density at radius 3 is 2.66 bits per heavy atom. The zero-order chi connectivity index (χ0) is 21.9. The Hall–Kier alpha value is -3.68. The summed E-state index contributed by atoms with van der Waals surface area (Å²) in [5, 5.41) is 8.22. The van der Waals surface area contributed by atoms with Gasteiger partial charge in [-0.2, -0.15) is 4.98 Å². The highest BCUT2D eigenvalue weighted by atomic mass is 16.6. The van der Waals surface area contributed by atoms with Gasteiger partial charge < -0.3 is 14.8 Å². The molecule has 6 rings (SSSR count). The number of hydrogen-bond acceptors (Lipinski definition) is 7. The summed E-state index contributed by atoms with van der Waals surface area (Å²) in [4.78, 5) is 22.2. The van der Waals surface area contributed by atoms with Crippen LogP contribution in [0, 0.1) is 5.41 Å². The van der Waals surface area contributed by atoms with Crippen molar-refractivity contribution in [3.63, 3.8) is 0 Å². The molecule has 1 unspecified atom stereocenters. The Morgan fingerprint density at radius 2 is 1.84 bits per heavy atom. The maximum absolute atomic E-state index is 13.4. The zero-order valence-electron chi connectivity index (χ0n) is 18.0. The molecule has 0 saturated carbocycles. The Balaban J connectivity index is 1.52. The van der Waals surface area contributed by atoms with Gasteiger partial charge in [-0.1, -0.05) is 19.9 Å². The van der Waals surface area contributed by atoms with E-state index in [1.165, 1.54) is 0 Å². The van der Waals surface area contributed by atoms with Gasteiger partial charge in [0, 0.05) is 35.6 Å². The molecule has 1 atom stereocenters. The van der Waals surface area contributed by atoms with Crippen molar-refractivity contribution in [1.82, 2.24) is 19.7 Å². The smallest absolute Gasteiger partial charge is 0.226 e. The predicted octanol–water partition coefficient (Wildman–Crippen LogP) is 3.77. The third kappa shape index (κ3) is 3.05. The maximum atomic E-state index is 13.4. The number of aromatic nitrogens is 4. The number of hydrogen-bond donors (Lipinski definition) is 1. The van der Waals surface area contributed by atoms with Gasteiger partial charge in [0.25, 0.3) is 0 Å². The number of nitrogens with zero attached hydrogens (tertiary/aromatic N) is 4. The second-order valence-corrected chi connectivity index (χ2v) is 9.20. The maximum Gasteiger partial charge on any atom is 0.226 e. The number of ketones is 1. The molecule has 0 bridgehead atoms. The SMILES string of the molecule is CC1(C)CC(=O)C2=C(C1)Nc1nc(-c3ccncc3)nn1C2c1ccc2c(c1)OCCO2. The first-order chi connectivity index (χ1) is 15.5. The molecule has 0 saturated heterocycles. The van der Waals surface area contributed by atoms with Crippen molar-refractivity contribution in [2.24, 2.45) is 5.41 Å². The molecule has 8 heteroatoms. The fraction of sp³-hybridized carbons (Fsp3) is 0.333. The molecule has 32 heavy (non-hydrogen) atoms. The van der Waals surface area contributed by atoms with Gasteiger partial charge in [-0.25, -0.2) is 4.68 Å². The summed E-state index contributed by atoms with van der Waals surface area (Å²) in [7, 11) is 0. The molecular formula is C24H23N5O3. The largest absolute Gasteiger partial charge is 0.486 e. The molecule has 0 radical (unpaired) electrons. The number of nitrogens with one attached hydrogen (secondary N) is 1. The van der Waals surface area contributed by atoms with Crippen molar-refractivity contribution in [2.45, 2.75) is 32.7 Å². The molecule has 2 aliphatic heterocycles. The summed E-state index contributed by atoms with van der Waals surface area (Å²) < 4.78 is 13.3. The summed E-state index contributed by atoms with van der Waals surface area (Å²) in [6.45, 7) is 5.28. The van der Waals surface area contributed by atoms with Gasteiger partial charge in [0.2, 0.25) is 5.95 Å². The highest BCUT2D eigenvalue weighted by Crippen LogP contribution is 2.46. The van der Waals surface area contributed by atoms with Crippen LogP contribution in [0.25, 0.3) is 11.4 Å². The Bertz CT molecular complexity index is 1260. The summed E-state index contributed by atoms with van der Waals surface area (Å²) in [5.41, 5.74) is 3.35. The van der Waals surface area contributed by atoms with Crippen LogP contribution in [-0.2, 0) is 4.79 Å². The van der Waals surface area contributed by atoms with Crippen molar-refractivity contribution >= 4 is 11.7 Å². The van der Waals surface area contributed by atoms with Gasteiger partial charge >= 0.3 is 0 Å². The van der Waals surface area contributed by atoms with Gasteiger partial charge in [-0.05, 0) is 41.7 Å². The van der Waals surface area contributed by atoms with E-state index in [1.54, 1.807) is 12.4 Å². The lowest BCUT2D eigenvalue weighted by molar-refractivity contribution is -0.118. The fourth-order valence-electron chi connectivity index (χ4n) is 4.77. The standard InChI is InChI=1S/C24H23N5O3/c1-24(2)12-16-20(17(30)13-24)21(15-3-4-18-19(11-15)32-10-9-31-18)29-23(26-16)27-22(28-29)14-5-7-25-8-6-14/h3-8,11,21H,9-10,12-13H2,1-2H3,(H,26,27,28). The predicted molar refractivity (Wildman–Crippen MR) is 117 cm³/mol. The van der Waals surface area contributed by atoms with Gasteiger partial charge in [0.1, 0.15) is 19.3 Å². The van der Waals surface area contributed by atoms with E-state index in [1.807, 2.05) is 35.0 Å². The first-order valence-electron chi connectivity index (χ1n) is 10.8. The minimum Gasteiger partial charge on any atom is -0.486 e. The van der Waals surface area contributed by atoms with Crippen LogP contribution in [-0.4, -0.2) is 38.7 Å². The average Bonchev–Trinajstić information content (AvgIpc) is 3.21. The highest BCUT2D eigenvalue weighted by Gasteiger charge is 2.42. The topological polar surface area (TPSA) is 91.2 Å². The molecule has 1 N–H and O–H groups in total. The van der Waals surface area contributed by atoms with Crippen LogP contribution < -0.4 is 14.8 Å². The molecule has 4 heterocycles. The lowest BCUT2D eigenvalue weighted by Gasteiger charge is -2.38. The molecule has 2 aromatic heterocycles. The minimum atomic E-state index is -0.385. The molecule has 0 spiro atoms. The number of anilines is 1. The van der Waals surface area contributed by atoms with Crippen molar-refractivity contribution in [1.29, 1.82) is 0 Å². The van der Waals surface area contributed by atoms with E-state index < -0.39 is 0 Å². The number of fused-ring (bicyclic) bond motifs is 2. The van der Waals surface area contributed by atoms with Crippen molar-refractivity contribution in [2.75, 3.05) is 18.5 Å². The van der Waals surface area contributed by atoms with Crippen molar-refractivity contribution < 1.29 is 14.3 Å². The van der Waals surface area contributed by atoms with Crippen LogP contribution in [0.3, 0.4) is 0 Å². The molecule has 1 aliphatic carbocycles. The second kappa shape index (κ2) is 6.91. The normalized spacial score (nSPS) is 20.9. The van der Waals surface area contributed by atoms with E-state index in [2.05, 4.69) is 24.1 Å². The van der Waals surface area contributed by atoms with Crippen LogP contribution in [0.15, 0.2) is 54.0 Å². The number of carbonyl (C=O) groups excluding carboxylic acids is 1. The first-order valence-corrected chi connectivity index (χ1v) is 10.8. The number of pyridine rings is 1. The number of allylic oxidation sites excluding steroid dienone is 2. The minimum absolute atomic E-state index is 0.115. The summed E-state index contributed by atoms with van der Waals surface area (Å²) >= 11 is 0. The molecule has 1 aromatic carbocycles. The summed E-state index contributed by atoms with van der Waals surface area (Å²) in [6.07, 6.45) is 4.70. The first kappa shape index (κ1) is 19.0. The van der Waals surface area contributed by atoms with E-state index in [0.717, 1.165) is 34.6 Å². The van der Waals surface area contributed by atoms with Crippen LogP contribution in [0.5, 0.6) is 11.5 Å². The summed E-state index contributed by atoms with van der Waals surface area (Å²) in [6, 6.07) is 9.22. The van der Waals surface area contributed by atoms with Crippen LogP contribution in [0.4, 0.5) is 5.95 Å². The second-order valence-electron chi connectivity index (χ2n) is 9.20. The van der Waals surface area contributed by atoms with E-state index in [9.17, 15) is 4.79 Å². The van der Waals surface area contributed by atoms with E-state index >= 15 is 0 Å². The molecule has 3 aromatic rings. The number of ether oxygens (including phenoxy) is 2. The number of rotatable bonds is 2. The Kier molecular flexibility index (Phi) is 4.11. The Labute approximate surface area is 185 Å². The van der Waals surface area contributed by atoms with E-state index in [-0.39, 0.29) is 17.2 Å². The Morgan fingerprint density at radius 1 is 1.06 bits per heavy atom. The van der Waals surface area contributed by atoms with Crippen LogP contribution >= 0.6 is 0 Å². The third-order valence-corrected chi connectivity index (χ3v) is 6.15. The van der Waals surface area contributed by atoms with Gasteiger partial charge in [0.15, 0.2) is 23.1 Å². The van der Waals surface area contributed by atoms with Crippen LogP contribution in [0.1, 0.15) is 38.3 Å².